The number of carbonyl (C=O) groups excluding carboxylic acids is 2. The predicted molar refractivity (Wildman–Crippen MR) is 105 cm³/mol. The first-order chi connectivity index (χ1) is 12.6. The maximum atomic E-state index is 12.4. The van der Waals surface area contributed by atoms with Crippen LogP contribution in [0.1, 0.15) is 45.2 Å². The number of aryl methyl sites for hydroxylation is 2. The molecule has 144 valence electrons. The molecule has 1 N–H and O–H groups in total. The number of rotatable bonds is 4. The summed E-state index contributed by atoms with van der Waals surface area (Å²) in [5.74, 6) is -0.166. The van der Waals surface area contributed by atoms with Crippen molar-refractivity contribution in [3.8, 4) is 17.0 Å². The quantitative estimate of drug-likeness (QED) is 0.764. The molecule has 0 aliphatic rings. The maximum absolute atomic E-state index is 12.4. The highest BCUT2D eigenvalue weighted by atomic mass is 16.6. The molecule has 0 saturated carbocycles. The molecule has 0 radical (unpaired) electrons. The summed E-state index contributed by atoms with van der Waals surface area (Å²) in [5.41, 5.74) is 3.04. The summed E-state index contributed by atoms with van der Waals surface area (Å²) in [6.45, 7) is 11.0. The maximum Gasteiger partial charge on any atom is 0.412 e. The standard InChI is InChI=1S/C21H26N2O4/c1-7-16(24)26-15-11-12-22-19(17-13(2)9-8-10-14(17)3)18(15)23-20(25)27-21(4,5)6/h8-12H,7H2,1-6H3,(H,23,25). The smallest absolute Gasteiger partial charge is 0.412 e. The van der Waals surface area contributed by atoms with Crippen LogP contribution in [0.3, 0.4) is 0 Å². The molecule has 6 nitrogen and oxygen atoms in total. The molecule has 2 aromatic rings. The van der Waals surface area contributed by atoms with E-state index in [1.54, 1.807) is 40.0 Å². The number of aromatic nitrogens is 1. The molecule has 6 heteroatoms. The first kappa shape index (κ1) is 20.4. The first-order valence-electron chi connectivity index (χ1n) is 8.88. The molecule has 0 aliphatic heterocycles. The number of nitrogens with zero attached hydrogens (tertiary/aromatic N) is 1. The van der Waals surface area contributed by atoms with Crippen molar-refractivity contribution in [2.45, 2.75) is 53.6 Å². The van der Waals surface area contributed by atoms with Gasteiger partial charge in [-0.2, -0.15) is 0 Å². The zero-order chi connectivity index (χ0) is 20.2. The number of benzene rings is 1. The Hall–Kier alpha value is -2.89. The summed E-state index contributed by atoms with van der Waals surface area (Å²) in [6, 6.07) is 7.44. The van der Waals surface area contributed by atoms with Gasteiger partial charge in [-0.1, -0.05) is 25.1 Å². The predicted octanol–water partition coefficient (Wildman–Crippen LogP) is 5.03. The number of hydrogen-bond acceptors (Lipinski definition) is 5. The molecule has 0 aliphatic carbocycles. The van der Waals surface area contributed by atoms with Crippen molar-refractivity contribution in [2.24, 2.45) is 0 Å². The lowest BCUT2D eigenvalue weighted by atomic mass is 9.98. The van der Waals surface area contributed by atoms with E-state index in [0.717, 1.165) is 16.7 Å². The highest BCUT2D eigenvalue weighted by molar-refractivity contribution is 5.95. The number of carbonyl (C=O) groups is 2. The van der Waals surface area contributed by atoms with Crippen molar-refractivity contribution in [3.05, 3.63) is 41.6 Å². The molecule has 1 heterocycles. The topological polar surface area (TPSA) is 77.5 Å². The minimum atomic E-state index is -0.661. The van der Waals surface area contributed by atoms with Crippen LogP contribution in [0.25, 0.3) is 11.3 Å². The minimum absolute atomic E-state index is 0.215. The van der Waals surface area contributed by atoms with Crippen LogP contribution < -0.4 is 10.1 Å². The van der Waals surface area contributed by atoms with Gasteiger partial charge in [0.15, 0.2) is 5.75 Å². The summed E-state index contributed by atoms with van der Waals surface area (Å²) >= 11 is 0. The van der Waals surface area contributed by atoms with Gasteiger partial charge in [0.1, 0.15) is 11.3 Å². The fraction of sp³-hybridized carbons (Fsp3) is 0.381. The second-order valence-electron chi connectivity index (χ2n) is 7.25. The van der Waals surface area contributed by atoms with Gasteiger partial charge in [0.2, 0.25) is 0 Å². The van der Waals surface area contributed by atoms with Gasteiger partial charge in [-0.25, -0.2) is 4.79 Å². The second-order valence-corrected chi connectivity index (χ2v) is 7.25. The van der Waals surface area contributed by atoms with E-state index in [9.17, 15) is 9.59 Å². The number of nitrogens with one attached hydrogen (secondary N) is 1. The van der Waals surface area contributed by atoms with E-state index in [0.29, 0.717) is 11.4 Å². The van der Waals surface area contributed by atoms with Crippen molar-refractivity contribution in [1.82, 2.24) is 4.98 Å². The molecular formula is C21H26N2O4. The van der Waals surface area contributed by atoms with Gasteiger partial charge in [0.25, 0.3) is 0 Å². The van der Waals surface area contributed by atoms with Gasteiger partial charge in [-0.15, -0.1) is 0 Å². The van der Waals surface area contributed by atoms with Crippen LogP contribution in [0.5, 0.6) is 5.75 Å². The van der Waals surface area contributed by atoms with E-state index in [4.69, 9.17) is 9.47 Å². The van der Waals surface area contributed by atoms with Crippen LogP contribution >= 0.6 is 0 Å². The lowest BCUT2D eigenvalue weighted by molar-refractivity contribution is -0.133. The summed E-state index contributed by atoms with van der Waals surface area (Å²) in [5, 5.41) is 2.72. The third-order valence-electron chi connectivity index (χ3n) is 3.77. The number of ether oxygens (including phenoxy) is 2. The molecule has 1 aromatic carbocycles. The second kappa shape index (κ2) is 8.20. The van der Waals surface area contributed by atoms with E-state index >= 15 is 0 Å². The first-order valence-corrected chi connectivity index (χ1v) is 8.88. The van der Waals surface area contributed by atoms with Crippen LogP contribution in [0.15, 0.2) is 30.5 Å². The van der Waals surface area contributed by atoms with Gasteiger partial charge >= 0.3 is 12.1 Å². The van der Waals surface area contributed by atoms with E-state index in [1.165, 1.54) is 0 Å². The Kier molecular flexibility index (Phi) is 6.20. The fourth-order valence-electron chi connectivity index (χ4n) is 2.63. The molecule has 0 bridgehead atoms. The molecule has 0 atom stereocenters. The summed E-state index contributed by atoms with van der Waals surface area (Å²) in [4.78, 5) is 28.7. The number of hydrogen-bond donors (Lipinski definition) is 1. The molecule has 0 fully saturated rings. The highest BCUT2D eigenvalue weighted by Gasteiger charge is 2.23. The number of amides is 1. The third-order valence-corrected chi connectivity index (χ3v) is 3.77. The van der Waals surface area contributed by atoms with E-state index in [1.807, 2.05) is 32.0 Å². The van der Waals surface area contributed by atoms with E-state index < -0.39 is 17.7 Å². The molecule has 27 heavy (non-hydrogen) atoms. The highest BCUT2D eigenvalue weighted by Crippen LogP contribution is 2.37. The van der Waals surface area contributed by atoms with Crippen LogP contribution in [-0.2, 0) is 9.53 Å². The Labute approximate surface area is 159 Å². The Morgan fingerprint density at radius 3 is 2.30 bits per heavy atom. The lowest BCUT2D eigenvalue weighted by Gasteiger charge is -2.22. The monoisotopic (exact) mass is 370 g/mol. The van der Waals surface area contributed by atoms with Gasteiger partial charge < -0.3 is 9.47 Å². The number of esters is 1. The minimum Gasteiger partial charge on any atom is -0.444 e. The Morgan fingerprint density at radius 2 is 1.74 bits per heavy atom. The average molecular weight is 370 g/mol. The van der Waals surface area contributed by atoms with Gasteiger partial charge in [0.05, 0.1) is 5.69 Å². The Morgan fingerprint density at radius 1 is 1.11 bits per heavy atom. The van der Waals surface area contributed by atoms with Gasteiger partial charge in [-0.05, 0) is 45.7 Å². The lowest BCUT2D eigenvalue weighted by Crippen LogP contribution is -2.27. The third kappa shape index (κ3) is 5.29. The number of pyridine rings is 1. The molecule has 0 spiro atoms. The van der Waals surface area contributed by atoms with E-state index in [-0.39, 0.29) is 12.2 Å². The fourth-order valence-corrected chi connectivity index (χ4v) is 2.63. The van der Waals surface area contributed by atoms with Crippen molar-refractivity contribution in [3.63, 3.8) is 0 Å². The SMILES string of the molecule is CCC(=O)Oc1ccnc(-c2c(C)cccc2C)c1NC(=O)OC(C)(C)C. The largest absolute Gasteiger partial charge is 0.444 e. The van der Waals surface area contributed by atoms with E-state index in [2.05, 4.69) is 10.3 Å². The van der Waals surface area contributed by atoms with Gasteiger partial charge in [-0.3, -0.25) is 15.1 Å². The summed E-state index contributed by atoms with van der Waals surface area (Å²) < 4.78 is 10.8. The Bertz CT molecular complexity index is 833. The van der Waals surface area contributed by atoms with Crippen molar-refractivity contribution in [1.29, 1.82) is 0 Å². The molecule has 0 saturated heterocycles. The molecule has 1 aromatic heterocycles. The van der Waals surface area contributed by atoms with Crippen LogP contribution in [-0.4, -0.2) is 22.6 Å². The molecule has 1 amide bonds. The zero-order valence-electron chi connectivity index (χ0n) is 16.7. The van der Waals surface area contributed by atoms with Crippen LogP contribution in [0.2, 0.25) is 0 Å². The molecule has 2 rings (SSSR count). The van der Waals surface area contributed by atoms with Crippen LogP contribution in [0, 0.1) is 13.8 Å². The zero-order valence-corrected chi connectivity index (χ0v) is 16.7. The molecular weight excluding hydrogens is 344 g/mol. The van der Waals surface area contributed by atoms with Crippen LogP contribution in [0.4, 0.5) is 10.5 Å². The Balaban J connectivity index is 2.58. The molecule has 0 unspecified atom stereocenters. The average Bonchev–Trinajstić information content (AvgIpc) is 2.55. The van der Waals surface area contributed by atoms with Gasteiger partial charge in [0, 0.05) is 24.2 Å². The normalized spacial score (nSPS) is 11.0. The number of anilines is 1. The summed E-state index contributed by atoms with van der Waals surface area (Å²) in [7, 11) is 0. The van der Waals surface area contributed by atoms with Crippen molar-refractivity contribution < 1.29 is 19.1 Å². The van der Waals surface area contributed by atoms with Crippen molar-refractivity contribution in [2.75, 3.05) is 5.32 Å². The summed E-state index contributed by atoms with van der Waals surface area (Å²) in [6.07, 6.45) is 1.13. The van der Waals surface area contributed by atoms with Crippen molar-refractivity contribution >= 4 is 17.7 Å².